The number of hydrogen-bond donors (Lipinski definition) is 1. The van der Waals surface area contributed by atoms with E-state index < -0.39 is 11.7 Å². The molecule has 0 radical (unpaired) electrons. The predicted molar refractivity (Wildman–Crippen MR) is 310 cm³/mol. The van der Waals surface area contributed by atoms with Crippen molar-refractivity contribution >= 4 is 71.9 Å². The maximum Gasteiger partial charge on any atom is 0.418 e. The van der Waals surface area contributed by atoms with E-state index in [4.69, 9.17) is 41.0 Å². The van der Waals surface area contributed by atoms with Gasteiger partial charge in [-0.15, -0.1) is 0 Å². The molecule has 0 aliphatic carbocycles. The Balaban J connectivity index is 0.000000899. The second-order valence-electron chi connectivity index (χ2n) is 15.2. The number of halogens is 4. The van der Waals surface area contributed by atoms with Gasteiger partial charge >= 0.3 is 6.18 Å². The molecule has 10 aromatic rings. The minimum atomic E-state index is -4.41. The first-order valence-corrected chi connectivity index (χ1v) is 21.6. The molecule has 0 saturated carbocycles. The predicted octanol–water partition coefficient (Wildman–Crippen LogP) is 17.2. The van der Waals surface area contributed by atoms with Gasteiger partial charge in [0.15, 0.2) is 0 Å². The number of rotatable bonds is 5. The molecule has 2 N–H and O–H groups in total. The van der Waals surface area contributed by atoms with E-state index in [1.54, 1.807) is 72.2 Å². The van der Waals surface area contributed by atoms with Crippen LogP contribution in [0.5, 0.6) is 28.7 Å². The van der Waals surface area contributed by atoms with Gasteiger partial charge in [-0.1, -0.05) is 86.5 Å². The summed E-state index contributed by atoms with van der Waals surface area (Å²) in [4.78, 5) is 20.9. The minimum Gasteiger partial charge on any atom is -0.496 e. The largest absolute Gasteiger partial charge is 0.496 e. The first-order valence-electron chi connectivity index (χ1n) is 21.3. The van der Waals surface area contributed by atoms with E-state index in [1.807, 2.05) is 91.9 Å². The SMILES string of the molecule is C.C.C.C.C.C.COc1cc(C)nc2c(C(F)(F)F)cccc12.COc1cc(N)nc2cc(C)ccc12.COc1ccnc2cc(C)ccc12.COc1ccnc2cc(Cl)ccc12.COc1ccnc2ccccc12. The molecule has 402 valence electrons. The summed E-state index contributed by atoms with van der Waals surface area (Å²) in [5.41, 5.74) is 11.4. The number of nitrogen functional groups attached to an aromatic ring is 1. The Hall–Kier alpha value is -7.97. The van der Waals surface area contributed by atoms with Crippen LogP contribution in [-0.4, -0.2) is 60.5 Å². The first-order chi connectivity index (χ1) is 33.2. The van der Waals surface area contributed by atoms with E-state index in [1.165, 1.54) is 18.7 Å². The van der Waals surface area contributed by atoms with E-state index in [9.17, 15) is 13.2 Å². The molecule has 0 spiro atoms. The highest BCUT2D eigenvalue weighted by atomic mass is 35.5. The molecule has 0 bridgehead atoms. The van der Waals surface area contributed by atoms with Gasteiger partial charge in [0, 0.05) is 68.4 Å². The maximum atomic E-state index is 12.8. The smallest absolute Gasteiger partial charge is 0.418 e. The van der Waals surface area contributed by atoms with Gasteiger partial charge in [0.05, 0.1) is 68.7 Å². The third-order valence-corrected chi connectivity index (χ3v) is 10.6. The van der Waals surface area contributed by atoms with Crippen LogP contribution < -0.4 is 29.4 Å². The van der Waals surface area contributed by atoms with Crippen molar-refractivity contribution in [2.75, 3.05) is 41.3 Å². The number of benzene rings is 5. The highest BCUT2D eigenvalue weighted by molar-refractivity contribution is 6.31. The number of para-hydroxylation sites is 2. The number of aryl methyl sites for hydroxylation is 3. The quantitative estimate of drug-likeness (QED) is 0.176. The topological polar surface area (TPSA) is 137 Å². The van der Waals surface area contributed by atoms with E-state index in [0.29, 0.717) is 27.7 Å². The molecule has 15 heteroatoms. The van der Waals surface area contributed by atoms with Crippen LogP contribution in [0.1, 0.15) is 66.9 Å². The lowest BCUT2D eigenvalue weighted by Gasteiger charge is -2.12. The number of fused-ring (bicyclic) bond motifs is 5. The average Bonchev–Trinajstić information content (AvgIpc) is 3.35. The van der Waals surface area contributed by atoms with E-state index >= 15 is 0 Å². The molecule has 0 fully saturated rings. The second-order valence-corrected chi connectivity index (χ2v) is 15.6. The van der Waals surface area contributed by atoms with E-state index in [-0.39, 0.29) is 50.1 Å². The number of methoxy groups -OCH3 is 5. The van der Waals surface area contributed by atoms with Crippen LogP contribution in [0.4, 0.5) is 19.0 Å². The van der Waals surface area contributed by atoms with Gasteiger partial charge in [0.25, 0.3) is 0 Å². The molecule has 5 aromatic carbocycles. The zero-order valence-electron chi connectivity index (χ0n) is 39.2. The Labute approximate surface area is 446 Å². The Bertz CT molecular complexity index is 3260. The fourth-order valence-corrected chi connectivity index (χ4v) is 7.33. The highest BCUT2D eigenvalue weighted by Crippen LogP contribution is 2.37. The number of hydrogen-bond acceptors (Lipinski definition) is 11. The van der Waals surface area contributed by atoms with Gasteiger partial charge in [-0.3, -0.25) is 19.9 Å². The zero-order valence-corrected chi connectivity index (χ0v) is 40.0. The van der Waals surface area contributed by atoms with Crippen LogP contribution in [0.2, 0.25) is 5.02 Å². The van der Waals surface area contributed by atoms with Crippen molar-refractivity contribution < 1.29 is 36.9 Å². The number of anilines is 1. The first kappa shape index (κ1) is 67.0. The van der Waals surface area contributed by atoms with E-state index in [0.717, 1.165) is 78.2 Å². The molecule has 0 atom stereocenters. The third-order valence-electron chi connectivity index (χ3n) is 10.4. The molecule has 5 heterocycles. The number of pyridine rings is 5. The van der Waals surface area contributed by atoms with Crippen LogP contribution in [0.25, 0.3) is 54.5 Å². The van der Waals surface area contributed by atoms with Crippen molar-refractivity contribution in [1.82, 2.24) is 24.9 Å². The van der Waals surface area contributed by atoms with Crippen molar-refractivity contribution in [2.24, 2.45) is 0 Å². The van der Waals surface area contributed by atoms with Crippen molar-refractivity contribution in [2.45, 2.75) is 71.5 Å². The van der Waals surface area contributed by atoms with Crippen LogP contribution in [0.15, 0.2) is 146 Å². The monoisotopic (exact) mass is 1050 g/mol. The molecule has 75 heavy (non-hydrogen) atoms. The molecule has 0 saturated heterocycles. The lowest BCUT2D eigenvalue weighted by molar-refractivity contribution is -0.136. The summed E-state index contributed by atoms with van der Waals surface area (Å²) in [5, 5.41) is 5.15. The standard InChI is InChI=1S/C12H10F3NO.C11H12N2O.C11H11NO.C10H8ClNO.C10H9NO.6CH4/c1-7-6-10(17-2)8-4-3-5-9(11(8)16-7)12(13,14)15;1-7-3-4-8-9(5-7)13-11(12)6-10(8)14-2;1-8-3-4-9-10(7-8)12-6-5-11(9)13-2;1-13-10-4-5-12-9-6-7(11)2-3-8(9)10;1-12-10-6-7-11-9-5-3-2-4-8(9)10;;;;;;/h3-6H,1-2H3;3-6H,1-2H3,(H2,12,13);3-7H,1-2H3;2-6H,1H3;2-7H,1H3;6*1H4. The van der Waals surface area contributed by atoms with E-state index in [2.05, 4.69) is 44.0 Å². The number of aromatic nitrogens is 5. The summed E-state index contributed by atoms with van der Waals surface area (Å²) in [7, 11) is 8.04. The zero-order chi connectivity index (χ0) is 49.7. The van der Waals surface area contributed by atoms with Crippen molar-refractivity contribution in [1.29, 1.82) is 0 Å². The van der Waals surface area contributed by atoms with Crippen molar-refractivity contribution in [3.05, 3.63) is 173 Å². The molecule has 11 nitrogen and oxygen atoms in total. The van der Waals surface area contributed by atoms with Crippen LogP contribution in [0, 0.1) is 20.8 Å². The molecular formula is C60H74ClF3N6O5. The molecular weight excluding hydrogens is 977 g/mol. The molecule has 0 aliphatic heterocycles. The van der Waals surface area contributed by atoms with Crippen LogP contribution in [-0.2, 0) is 6.18 Å². The fourth-order valence-electron chi connectivity index (χ4n) is 7.16. The second kappa shape index (κ2) is 30.9. The van der Waals surface area contributed by atoms with Gasteiger partial charge in [-0.25, -0.2) is 4.98 Å². The molecule has 0 aliphatic rings. The number of nitrogens with zero attached hydrogens (tertiary/aromatic N) is 5. The summed E-state index contributed by atoms with van der Waals surface area (Å²) < 4.78 is 64.3. The van der Waals surface area contributed by atoms with Crippen molar-refractivity contribution in [3.63, 3.8) is 0 Å². The summed E-state index contributed by atoms with van der Waals surface area (Å²) >= 11 is 5.83. The van der Waals surface area contributed by atoms with Gasteiger partial charge in [-0.05, 0) is 117 Å². The highest BCUT2D eigenvalue weighted by Gasteiger charge is 2.33. The van der Waals surface area contributed by atoms with Crippen LogP contribution >= 0.6 is 11.6 Å². The van der Waals surface area contributed by atoms with Gasteiger partial charge in [0.2, 0.25) is 0 Å². The normalized spacial score (nSPS) is 9.81. The Morgan fingerprint density at radius 3 is 1.37 bits per heavy atom. The lowest BCUT2D eigenvalue weighted by Crippen LogP contribution is -2.07. The maximum absolute atomic E-state index is 12.8. The molecule has 10 rings (SSSR count). The molecule has 5 aromatic heterocycles. The average molecular weight is 1050 g/mol. The van der Waals surface area contributed by atoms with Crippen LogP contribution in [0.3, 0.4) is 0 Å². The van der Waals surface area contributed by atoms with Gasteiger partial charge in [0.1, 0.15) is 34.6 Å². The summed E-state index contributed by atoms with van der Waals surface area (Å²) in [6, 6.07) is 38.5. The molecule has 0 amide bonds. The van der Waals surface area contributed by atoms with Crippen molar-refractivity contribution in [3.8, 4) is 28.7 Å². The lowest BCUT2D eigenvalue weighted by atomic mass is 10.1. The Kier molecular flexibility index (Phi) is 27.6. The number of alkyl halides is 3. The summed E-state index contributed by atoms with van der Waals surface area (Å²) in [6.45, 7) is 5.71. The fraction of sp³-hybridized carbons (Fsp3) is 0.250. The summed E-state index contributed by atoms with van der Waals surface area (Å²) in [5.74, 6) is 4.23. The Morgan fingerprint density at radius 1 is 0.427 bits per heavy atom. The number of nitrogens with two attached hydrogens (primary N) is 1. The van der Waals surface area contributed by atoms with Gasteiger partial charge < -0.3 is 29.4 Å². The summed E-state index contributed by atoms with van der Waals surface area (Å²) in [6.07, 6.45) is 0.810. The van der Waals surface area contributed by atoms with Gasteiger partial charge in [-0.2, -0.15) is 13.2 Å². The number of ether oxygens (including phenoxy) is 5. The Morgan fingerprint density at radius 2 is 0.853 bits per heavy atom. The third kappa shape index (κ3) is 17.0. The minimum absolute atomic E-state index is 0. The molecule has 0 unspecified atom stereocenters.